The Balaban J connectivity index is 1.76. The molecule has 23 heavy (non-hydrogen) atoms. The molecular formula is C16H10N4O2S. The molecule has 2 aromatic heterocycles. The minimum atomic E-state index is -0.556. The van der Waals surface area contributed by atoms with E-state index < -0.39 is 5.91 Å². The Labute approximate surface area is 135 Å². The second-order valence-corrected chi connectivity index (χ2v) is 5.40. The summed E-state index contributed by atoms with van der Waals surface area (Å²) < 4.78 is 5.10. The lowest BCUT2D eigenvalue weighted by Gasteiger charge is -1.98. The van der Waals surface area contributed by atoms with Crippen molar-refractivity contribution < 1.29 is 9.21 Å². The lowest BCUT2D eigenvalue weighted by molar-refractivity contribution is -0.112. The zero-order valence-corrected chi connectivity index (χ0v) is 12.6. The van der Waals surface area contributed by atoms with Gasteiger partial charge < -0.3 is 4.42 Å². The zero-order valence-electron chi connectivity index (χ0n) is 11.8. The lowest BCUT2D eigenvalue weighted by atomic mass is 10.2. The van der Waals surface area contributed by atoms with Gasteiger partial charge in [0.2, 0.25) is 5.13 Å². The van der Waals surface area contributed by atoms with Crippen LogP contribution in [0.15, 0.2) is 58.7 Å². The molecule has 1 aromatic carbocycles. The number of nitrogens with zero attached hydrogens (tertiary/aromatic N) is 3. The molecule has 0 bridgehead atoms. The molecule has 0 saturated carbocycles. The quantitative estimate of drug-likeness (QED) is 0.587. The summed E-state index contributed by atoms with van der Waals surface area (Å²) in [4.78, 5) is 12.1. The second-order valence-electron chi connectivity index (χ2n) is 4.42. The Morgan fingerprint density at radius 2 is 2.04 bits per heavy atom. The SMILES string of the molecule is N#C/C(=C\c1ccco1)C(=O)Nc1nnc(-c2ccccc2)s1. The van der Waals surface area contributed by atoms with Crippen molar-refractivity contribution in [2.24, 2.45) is 0 Å². The van der Waals surface area contributed by atoms with Crippen LogP contribution in [0.4, 0.5) is 5.13 Å². The number of anilines is 1. The third kappa shape index (κ3) is 3.51. The molecule has 1 amide bonds. The molecule has 0 aliphatic heterocycles. The number of benzene rings is 1. The molecule has 6 nitrogen and oxygen atoms in total. The van der Waals surface area contributed by atoms with Gasteiger partial charge in [-0.2, -0.15) is 5.26 Å². The first-order valence-corrected chi connectivity index (χ1v) is 7.43. The average molecular weight is 322 g/mol. The number of nitrogens with one attached hydrogen (secondary N) is 1. The number of carbonyl (C=O) groups excluding carboxylic acids is 1. The molecule has 0 atom stereocenters. The summed E-state index contributed by atoms with van der Waals surface area (Å²) in [7, 11) is 0. The zero-order chi connectivity index (χ0) is 16.1. The molecule has 2 heterocycles. The van der Waals surface area contributed by atoms with E-state index in [1.807, 2.05) is 36.4 Å². The highest BCUT2D eigenvalue weighted by molar-refractivity contribution is 7.18. The Morgan fingerprint density at radius 1 is 1.22 bits per heavy atom. The van der Waals surface area contributed by atoms with Gasteiger partial charge in [-0.25, -0.2) is 0 Å². The van der Waals surface area contributed by atoms with Crippen LogP contribution >= 0.6 is 11.3 Å². The molecule has 1 N–H and O–H groups in total. The maximum Gasteiger partial charge on any atom is 0.268 e. The van der Waals surface area contributed by atoms with Gasteiger partial charge in [0, 0.05) is 11.6 Å². The van der Waals surface area contributed by atoms with Crippen molar-refractivity contribution in [2.45, 2.75) is 0 Å². The van der Waals surface area contributed by atoms with Crippen molar-refractivity contribution in [1.29, 1.82) is 5.26 Å². The Kier molecular flexibility index (Phi) is 4.27. The third-order valence-corrected chi connectivity index (χ3v) is 3.75. The van der Waals surface area contributed by atoms with Crippen LogP contribution in [-0.4, -0.2) is 16.1 Å². The molecule has 0 aliphatic carbocycles. The van der Waals surface area contributed by atoms with Crippen LogP contribution < -0.4 is 5.32 Å². The highest BCUT2D eigenvalue weighted by Crippen LogP contribution is 2.26. The fourth-order valence-electron chi connectivity index (χ4n) is 1.80. The van der Waals surface area contributed by atoms with Crippen molar-refractivity contribution in [2.75, 3.05) is 5.32 Å². The van der Waals surface area contributed by atoms with Gasteiger partial charge in [0.25, 0.3) is 5.91 Å². The van der Waals surface area contributed by atoms with Crippen molar-refractivity contribution in [1.82, 2.24) is 10.2 Å². The van der Waals surface area contributed by atoms with E-state index in [-0.39, 0.29) is 5.57 Å². The summed E-state index contributed by atoms with van der Waals surface area (Å²) in [5, 5.41) is 20.6. The first kappa shape index (κ1) is 14.7. The Morgan fingerprint density at radius 3 is 2.74 bits per heavy atom. The molecular weight excluding hydrogens is 312 g/mol. The predicted molar refractivity (Wildman–Crippen MR) is 86.3 cm³/mol. The highest BCUT2D eigenvalue weighted by atomic mass is 32.1. The fourth-order valence-corrected chi connectivity index (χ4v) is 2.54. The predicted octanol–water partition coefficient (Wildman–Crippen LogP) is 3.34. The fraction of sp³-hybridized carbons (Fsp3) is 0. The molecule has 0 saturated heterocycles. The number of aromatic nitrogens is 2. The topological polar surface area (TPSA) is 91.8 Å². The van der Waals surface area contributed by atoms with Crippen molar-refractivity contribution in [3.8, 4) is 16.6 Å². The van der Waals surface area contributed by atoms with E-state index in [0.717, 1.165) is 5.56 Å². The number of furan rings is 1. The van der Waals surface area contributed by atoms with Crippen LogP contribution in [0, 0.1) is 11.3 Å². The second kappa shape index (κ2) is 6.68. The van der Waals surface area contributed by atoms with Crippen LogP contribution in [-0.2, 0) is 4.79 Å². The first-order valence-electron chi connectivity index (χ1n) is 6.62. The van der Waals surface area contributed by atoms with Gasteiger partial charge in [0.15, 0.2) is 0 Å². The van der Waals surface area contributed by atoms with Gasteiger partial charge in [-0.15, -0.1) is 10.2 Å². The molecule has 0 fully saturated rings. The maximum absolute atomic E-state index is 12.1. The lowest BCUT2D eigenvalue weighted by Crippen LogP contribution is -2.13. The highest BCUT2D eigenvalue weighted by Gasteiger charge is 2.13. The van der Waals surface area contributed by atoms with Crippen molar-refractivity contribution >= 4 is 28.5 Å². The van der Waals surface area contributed by atoms with Crippen LogP contribution in [0.5, 0.6) is 0 Å². The van der Waals surface area contributed by atoms with Crippen molar-refractivity contribution in [3.63, 3.8) is 0 Å². The molecule has 3 aromatic rings. The summed E-state index contributed by atoms with van der Waals surface area (Å²) >= 11 is 1.24. The van der Waals surface area contributed by atoms with E-state index in [0.29, 0.717) is 15.9 Å². The molecule has 0 unspecified atom stereocenters. The van der Waals surface area contributed by atoms with Gasteiger partial charge in [-0.3, -0.25) is 10.1 Å². The summed E-state index contributed by atoms with van der Waals surface area (Å²) in [5.74, 6) is -0.126. The number of carbonyl (C=O) groups is 1. The number of amides is 1. The van der Waals surface area contributed by atoms with E-state index in [1.165, 1.54) is 23.7 Å². The number of hydrogen-bond donors (Lipinski definition) is 1. The maximum atomic E-state index is 12.1. The average Bonchev–Trinajstić information content (AvgIpc) is 3.25. The van der Waals surface area contributed by atoms with Gasteiger partial charge in [-0.1, -0.05) is 41.7 Å². The molecule has 7 heteroatoms. The summed E-state index contributed by atoms with van der Waals surface area (Å²) in [6.07, 6.45) is 2.84. The van der Waals surface area contributed by atoms with Crippen LogP contribution in [0.25, 0.3) is 16.6 Å². The van der Waals surface area contributed by atoms with E-state index >= 15 is 0 Å². The number of hydrogen-bond acceptors (Lipinski definition) is 6. The summed E-state index contributed by atoms with van der Waals surface area (Å²) in [5.41, 5.74) is 0.841. The molecule has 0 radical (unpaired) electrons. The Bertz CT molecular complexity index is 876. The molecule has 0 aliphatic rings. The van der Waals surface area contributed by atoms with Gasteiger partial charge in [-0.05, 0) is 12.1 Å². The molecule has 112 valence electrons. The molecule has 0 spiro atoms. The van der Waals surface area contributed by atoms with Gasteiger partial charge in [0.1, 0.15) is 22.4 Å². The van der Waals surface area contributed by atoms with E-state index in [9.17, 15) is 4.79 Å². The first-order chi connectivity index (χ1) is 11.3. The van der Waals surface area contributed by atoms with Crippen LogP contribution in [0.1, 0.15) is 5.76 Å². The Hall–Kier alpha value is -3.24. The number of nitriles is 1. The monoisotopic (exact) mass is 322 g/mol. The van der Waals surface area contributed by atoms with E-state index in [2.05, 4.69) is 15.5 Å². The number of rotatable bonds is 4. The van der Waals surface area contributed by atoms with Crippen LogP contribution in [0.2, 0.25) is 0 Å². The normalized spacial score (nSPS) is 11.0. The molecule has 3 rings (SSSR count). The van der Waals surface area contributed by atoms with E-state index in [4.69, 9.17) is 9.68 Å². The van der Waals surface area contributed by atoms with Crippen molar-refractivity contribution in [3.05, 3.63) is 60.1 Å². The smallest absolute Gasteiger partial charge is 0.268 e. The largest absolute Gasteiger partial charge is 0.465 e. The van der Waals surface area contributed by atoms with E-state index in [1.54, 1.807) is 12.1 Å². The summed E-state index contributed by atoms with van der Waals surface area (Å²) in [6, 6.07) is 14.7. The minimum Gasteiger partial charge on any atom is -0.465 e. The minimum absolute atomic E-state index is 0.0728. The summed E-state index contributed by atoms with van der Waals surface area (Å²) in [6.45, 7) is 0. The third-order valence-electron chi connectivity index (χ3n) is 2.86. The van der Waals surface area contributed by atoms with Crippen LogP contribution in [0.3, 0.4) is 0 Å². The van der Waals surface area contributed by atoms with Gasteiger partial charge in [0.05, 0.1) is 6.26 Å². The van der Waals surface area contributed by atoms with Gasteiger partial charge >= 0.3 is 0 Å². The standard InChI is InChI=1S/C16H10N4O2S/c17-10-12(9-13-7-4-8-22-13)14(21)18-16-20-19-15(23-16)11-5-2-1-3-6-11/h1-9H,(H,18,20,21)/b12-9+.